The topological polar surface area (TPSA) is 179 Å². The first-order valence-corrected chi connectivity index (χ1v) is 11.9. The van der Waals surface area contributed by atoms with Crippen molar-refractivity contribution in [2.24, 2.45) is 21.7 Å². The summed E-state index contributed by atoms with van der Waals surface area (Å²) in [5.74, 6) is -8.27. The summed E-state index contributed by atoms with van der Waals surface area (Å²) in [6, 6.07) is 0. The summed E-state index contributed by atoms with van der Waals surface area (Å²) >= 11 is 0. The zero-order valence-electron chi connectivity index (χ0n) is 23.5. The second-order valence-corrected chi connectivity index (χ2v) is 13.9. The van der Waals surface area contributed by atoms with Crippen LogP contribution in [0.3, 0.4) is 0 Å². The standard InChI is InChI=1S/C26H44O10/c1-20(2,3)15(29)13(27)14(28)16-24(33,17(30)21(4,5)6)25(34,18(31)22(7,8)9)26(35,36-16)19(32)23(10,11)12/h13-14,16,27-28,33-35H,1-12H3/t13?,14-,16+,24-,25-,26+/m1/s1. The molecule has 0 aromatic rings. The number of ketones is 4. The summed E-state index contributed by atoms with van der Waals surface area (Å²) in [5, 5.41) is 57.5. The average Bonchev–Trinajstić information content (AvgIpc) is 2.87. The SMILES string of the molecule is CC(C)(C)C(=O)C(O)[C@@H](O)[C@@H]1O[C@@](O)(C(=O)C(C)(C)C)[C@@](O)(C(=O)C(C)(C)C)[C@]1(O)C(=O)C(C)(C)C. The average molecular weight is 517 g/mol. The maximum atomic E-state index is 13.8. The molecule has 0 amide bonds. The second-order valence-electron chi connectivity index (χ2n) is 13.9. The van der Waals surface area contributed by atoms with Crippen molar-refractivity contribution in [3.05, 3.63) is 0 Å². The summed E-state index contributed by atoms with van der Waals surface area (Å²) in [7, 11) is 0. The fourth-order valence-corrected chi connectivity index (χ4v) is 4.36. The Labute approximate surface area is 213 Å². The van der Waals surface area contributed by atoms with Crippen LogP contribution in [0.1, 0.15) is 83.1 Å². The lowest BCUT2D eigenvalue weighted by Gasteiger charge is -2.46. The molecule has 5 N–H and O–H groups in total. The highest BCUT2D eigenvalue weighted by atomic mass is 16.7. The Morgan fingerprint density at radius 1 is 0.639 bits per heavy atom. The van der Waals surface area contributed by atoms with E-state index in [4.69, 9.17) is 4.74 Å². The molecule has 1 unspecified atom stereocenters. The predicted molar refractivity (Wildman–Crippen MR) is 130 cm³/mol. The lowest BCUT2D eigenvalue weighted by Crippen LogP contribution is -2.77. The van der Waals surface area contributed by atoms with E-state index in [1.807, 2.05) is 0 Å². The second kappa shape index (κ2) is 9.03. The van der Waals surface area contributed by atoms with Crippen LogP contribution < -0.4 is 0 Å². The number of carbonyl (C=O) groups excluding carboxylic acids is 4. The van der Waals surface area contributed by atoms with Crippen molar-refractivity contribution in [2.75, 3.05) is 0 Å². The Balaban J connectivity index is 4.18. The van der Waals surface area contributed by atoms with Crippen LogP contribution in [0.5, 0.6) is 0 Å². The highest BCUT2D eigenvalue weighted by molar-refractivity contribution is 6.10. The summed E-state index contributed by atoms with van der Waals surface area (Å²) in [4.78, 5) is 53.8. The molecule has 0 aliphatic carbocycles. The molecule has 36 heavy (non-hydrogen) atoms. The lowest BCUT2D eigenvalue weighted by molar-refractivity contribution is -0.261. The maximum absolute atomic E-state index is 13.8. The highest BCUT2D eigenvalue weighted by Crippen LogP contribution is 2.54. The van der Waals surface area contributed by atoms with Gasteiger partial charge >= 0.3 is 0 Å². The van der Waals surface area contributed by atoms with Crippen molar-refractivity contribution >= 4 is 23.1 Å². The lowest BCUT2D eigenvalue weighted by atomic mass is 9.59. The first kappa shape index (κ1) is 32.5. The maximum Gasteiger partial charge on any atom is 0.268 e. The Bertz CT molecular complexity index is 926. The Hall–Kier alpha value is -1.56. The minimum absolute atomic E-state index is 0.910. The van der Waals surface area contributed by atoms with E-state index in [0.717, 1.165) is 0 Å². The molecule has 0 radical (unpaired) electrons. The molecule has 1 aliphatic rings. The van der Waals surface area contributed by atoms with E-state index >= 15 is 0 Å². The molecule has 6 atom stereocenters. The number of carbonyl (C=O) groups is 4. The number of hydrogen-bond acceptors (Lipinski definition) is 10. The van der Waals surface area contributed by atoms with E-state index in [-0.39, 0.29) is 0 Å². The number of aliphatic hydroxyl groups excluding tert-OH is 2. The van der Waals surface area contributed by atoms with E-state index in [9.17, 15) is 44.7 Å². The van der Waals surface area contributed by atoms with Crippen molar-refractivity contribution < 1.29 is 49.4 Å². The van der Waals surface area contributed by atoms with Gasteiger partial charge in [0, 0.05) is 21.7 Å². The van der Waals surface area contributed by atoms with E-state index in [1.165, 1.54) is 83.1 Å². The fourth-order valence-electron chi connectivity index (χ4n) is 4.36. The van der Waals surface area contributed by atoms with Crippen molar-refractivity contribution in [1.29, 1.82) is 0 Å². The molecule has 1 saturated heterocycles. The summed E-state index contributed by atoms with van der Waals surface area (Å²) < 4.78 is 5.45. The predicted octanol–water partition coefficient (Wildman–Crippen LogP) is 0.719. The van der Waals surface area contributed by atoms with Gasteiger partial charge in [0.25, 0.3) is 5.79 Å². The molecule has 1 aliphatic heterocycles. The Kier molecular flexibility index (Phi) is 8.14. The number of ether oxygens (including phenoxy) is 1. The van der Waals surface area contributed by atoms with Gasteiger partial charge in [0.15, 0.2) is 23.0 Å². The molecule has 1 rings (SSSR count). The number of Topliss-reactive ketones (excluding diaryl/α,β-unsaturated/α-hetero) is 4. The first-order chi connectivity index (χ1) is 15.5. The highest BCUT2D eigenvalue weighted by Gasteiger charge is 2.84. The molecule has 10 nitrogen and oxygen atoms in total. The van der Waals surface area contributed by atoms with Crippen LogP contribution in [0.4, 0.5) is 0 Å². The molecule has 1 heterocycles. The molecule has 0 saturated carbocycles. The van der Waals surface area contributed by atoms with Crippen LogP contribution in [-0.4, -0.2) is 84.0 Å². The summed E-state index contributed by atoms with van der Waals surface area (Å²) in [5.41, 5.74) is -12.8. The molecule has 0 bridgehead atoms. The van der Waals surface area contributed by atoms with Crippen molar-refractivity contribution in [3.8, 4) is 0 Å². The van der Waals surface area contributed by atoms with Crippen LogP contribution in [0.2, 0.25) is 0 Å². The van der Waals surface area contributed by atoms with Crippen LogP contribution >= 0.6 is 0 Å². The zero-order chi connectivity index (χ0) is 29.2. The number of aliphatic hydroxyl groups is 5. The van der Waals surface area contributed by atoms with Gasteiger partial charge in [-0.2, -0.15) is 0 Å². The van der Waals surface area contributed by atoms with E-state index in [0.29, 0.717) is 0 Å². The van der Waals surface area contributed by atoms with Crippen LogP contribution in [-0.2, 0) is 23.9 Å². The monoisotopic (exact) mass is 516 g/mol. The minimum Gasteiger partial charge on any atom is -0.387 e. The minimum atomic E-state index is -3.62. The molecule has 0 aromatic heterocycles. The van der Waals surface area contributed by atoms with Gasteiger partial charge in [0.2, 0.25) is 11.4 Å². The van der Waals surface area contributed by atoms with Gasteiger partial charge in [-0.15, -0.1) is 0 Å². The smallest absolute Gasteiger partial charge is 0.268 e. The Morgan fingerprint density at radius 3 is 1.31 bits per heavy atom. The third-order valence-corrected chi connectivity index (χ3v) is 6.42. The van der Waals surface area contributed by atoms with E-state index in [2.05, 4.69) is 0 Å². The Morgan fingerprint density at radius 2 is 1.00 bits per heavy atom. The van der Waals surface area contributed by atoms with Crippen molar-refractivity contribution in [1.82, 2.24) is 0 Å². The van der Waals surface area contributed by atoms with Gasteiger partial charge in [-0.3, -0.25) is 19.2 Å². The van der Waals surface area contributed by atoms with Crippen LogP contribution in [0.25, 0.3) is 0 Å². The molecular formula is C26H44O10. The van der Waals surface area contributed by atoms with Crippen LogP contribution in [0.15, 0.2) is 0 Å². The van der Waals surface area contributed by atoms with Gasteiger partial charge in [-0.1, -0.05) is 83.1 Å². The molecule has 1 fully saturated rings. The molecule has 0 spiro atoms. The van der Waals surface area contributed by atoms with Gasteiger partial charge < -0.3 is 30.3 Å². The molecule has 208 valence electrons. The van der Waals surface area contributed by atoms with Crippen molar-refractivity contribution in [3.63, 3.8) is 0 Å². The normalized spacial score (nSPS) is 31.6. The molecule has 10 heteroatoms. The van der Waals surface area contributed by atoms with E-state index < -0.39 is 80.1 Å². The quantitative estimate of drug-likeness (QED) is 0.338. The molecular weight excluding hydrogens is 472 g/mol. The van der Waals surface area contributed by atoms with Gasteiger partial charge in [-0.05, 0) is 0 Å². The third kappa shape index (κ3) is 4.83. The zero-order valence-corrected chi connectivity index (χ0v) is 23.5. The third-order valence-electron chi connectivity index (χ3n) is 6.42. The summed E-state index contributed by atoms with van der Waals surface area (Å²) in [6.45, 7) is 16.4. The molecule has 0 aromatic carbocycles. The number of hydrogen-bond donors (Lipinski definition) is 5. The fraction of sp³-hybridized carbons (Fsp3) is 0.846. The largest absolute Gasteiger partial charge is 0.387 e. The summed E-state index contributed by atoms with van der Waals surface area (Å²) in [6.07, 6.45) is -7.14. The van der Waals surface area contributed by atoms with Crippen LogP contribution in [0, 0.1) is 21.7 Å². The van der Waals surface area contributed by atoms with Gasteiger partial charge in [0.05, 0.1) is 0 Å². The van der Waals surface area contributed by atoms with Crippen molar-refractivity contribution in [2.45, 2.75) is 118 Å². The van der Waals surface area contributed by atoms with Gasteiger partial charge in [-0.25, -0.2) is 0 Å². The van der Waals surface area contributed by atoms with E-state index in [1.54, 1.807) is 0 Å². The first-order valence-electron chi connectivity index (χ1n) is 11.9. The van der Waals surface area contributed by atoms with Gasteiger partial charge in [0.1, 0.15) is 18.3 Å². The number of rotatable bonds is 6.